The highest BCUT2D eigenvalue weighted by atomic mass is 15.0. The first-order valence-corrected chi connectivity index (χ1v) is 5.96. The molecule has 0 aliphatic rings. The maximum Gasteiger partial charge on any atom is 0.0925 e. The number of H-pyrrole nitrogens is 1. The highest BCUT2D eigenvalue weighted by molar-refractivity contribution is 5.08. The lowest BCUT2D eigenvalue weighted by Crippen LogP contribution is -2.25. The van der Waals surface area contributed by atoms with Crippen LogP contribution in [0.3, 0.4) is 0 Å². The van der Waals surface area contributed by atoms with Gasteiger partial charge >= 0.3 is 0 Å². The number of nitrogens with zero attached hydrogens (tertiary/aromatic N) is 1. The Kier molecular flexibility index (Phi) is 5.40. The van der Waals surface area contributed by atoms with Crippen LogP contribution in [0.4, 0.5) is 0 Å². The Balaban J connectivity index is 2.16. The van der Waals surface area contributed by atoms with Gasteiger partial charge in [0.05, 0.1) is 12.0 Å². The van der Waals surface area contributed by atoms with Gasteiger partial charge in [0.25, 0.3) is 0 Å². The van der Waals surface area contributed by atoms with Crippen LogP contribution in [-0.4, -0.2) is 16.0 Å². The van der Waals surface area contributed by atoms with Crippen molar-refractivity contribution in [1.29, 1.82) is 0 Å². The number of rotatable bonds is 7. The van der Waals surface area contributed by atoms with Crippen LogP contribution >= 0.6 is 0 Å². The summed E-state index contributed by atoms with van der Waals surface area (Å²) in [6, 6.07) is 0.590. The Labute approximate surface area is 92.7 Å². The fraction of sp³-hybridized carbons (Fsp3) is 0.750. The maximum absolute atomic E-state index is 4.27. The van der Waals surface area contributed by atoms with Gasteiger partial charge in [-0.15, -0.1) is 0 Å². The number of nitrogens with one attached hydrogen (secondary N) is 2. The molecule has 0 radical (unpaired) electrons. The summed E-state index contributed by atoms with van der Waals surface area (Å²) < 4.78 is 0. The predicted octanol–water partition coefficient (Wildman–Crippen LogP) is 2.78. The van der Waals surface area contributed by atoms with E-state index in [1.165, 1.54) is 31.4 Å². The number of aryl methyl sites for hydroxylation is 1. The zero-order chi connectivity index (χ0) is 11.1. The maximum atomic E-state index is 4.27. The molecular formula is C12H23N3. The van der Waals surface area contributed by atoms with E-state index in [4.69, 9.17) is 0 Å². The van der Waals surface area contributed by atoms with Crippen molar-refractivity contribution in [3.05, 3.63) is 17.7 Å². The third kappa shape index (κ3) is 4.47. The van der Waals surface area contributed by atoms with Crippen molar-refractivity contribution in [2.45, 2.75) is 59.0 Å². The van der Waals surface area contributed by atoms with Crippen LogP contribution in [0.1, 0.15) is 50.9 Å². The number of unbranched alkanes of at least 4 members (excludes halogenated alkanes) is 2. The quantitative estimate of drug-likeness (QED) is 0.678. The topological polar surface area (TPSA) is 40.7 Å². The summed E-state index contributed by atoms with van der Waals surface area (Å²) in [4.78, 5) is 7.36. The molecule has 0 aliphatic carbocycles. The van der Waals surface area contributed by atoms with E-state index in [2.05, 4.69) is 36.1 Å². The summed E-state index contributed by atoms with van der Waals surface area (Å²) in [6.45, 7) is 7.43. The van der Waals surface area contributed by atoms with E-state index >= 15 is 0 Å². The minimum absolute atomic E-state index is 0.590. The molecule has 86 valence electrons. The van der Waals surface area contributed by atoms with Gasteiger partial charge < -0.3 is 10.3 Å². The summed E-state index contributed by atoms with van der Waals surface area (Å²) in [6.07, 6.45) is 6.98. The molecular weight excluding hydrogens is 186 g/mol. The van der Waals surface area contributed by atoms with E-state index in [-0.39, 0.29) is 0 Å². The zero-order valence-electron chi connectivity index (χ0n) is 10.1. The molecule has 3 heteroatoms. The van der Waals surface area contributed by atoms with Crippen molar-refractivity contribution in [1.82, 2.24) is 15.3 Å². The highest BCUT2D eigenvalue weighted by Gasteiger charge is 2.04. The first-order valence-electron chi connectivity index (χ1n) is 5.96. The number of hydrogen-bond acceptors (Lipinski definition) is 2. The number of aromatic amines is 1. The summed E-state index contributed by atoms with van der Waals surface area (Å²) in [5, 5.41) is 3.50. The molecule has 0 spiro atoms. The largest absolute Gasteiger partial charge is 0.348 e. The van der Waals surface area contributed by atoms with Crippen molar-refractivity contribution in [3.8, 4) is 0 Å². The van der Waals surface area contributed by atoms with Gasteiger partial charge in [0.15, 0.2) is 0 Å². The van der Waals surface area contributed by atoms with Crippen molar-refractivity contribution < 1.29 is 0 Å². The van der Waals surface area contributed by atoms with Gasteiger partial charge in [0, 0.05) is 18.3 Å². The minimum atomic E-state index is 0.590. The van der Waals surface area contributed by atoms with Gasteiger partial charge in [-0.05, 0) is 20.3 Å². The summed E-state index contributed by atoms with van der Waals surface area (Å²) in [5.74, 6) is 0. The van der Waals surface area contributed by atoms with E-state index in [0.29, 0.717) is 6.04 Å². The summed E-state index contributed by atoms with van der Waals surface area (Å²) in [7, 11) is 0. The standard InChI is InChI=1S/C12H23N3/c1-4-5-6-7-10(2)13-8-12-11(3)14-9-15-12/h9-10,13H,4-8H2,1-3H3,(H,14,15). The third-order valence-electron chi connectivity index (χ3n) is 2.79. The van der Waals surface area contributed by atoms with E-state index < -0.39 is 0 Å². The molecule has 1 aromatic heterocycles. The predicted molar refractivity (Wildman–Crippen MR) is 63.8 cm³/mol. The normalized spacial score (nSPS) is 13.0. The Morgan fingerprint density at radius 3 is 2.87 bits per heavy atom. The van der Waals surface area contributed by atoms with Crippen LogP contribution in [0.15, 0.2) is 6.33 Å². The molecule has 1 aromatic rings. The van der Waals surface area contributed by atoms with Crippen molar-refractivity contribution in [3.63, 3.8) is 0 Å². The van der Waals surface area contributed by atoms with Crippen LogP contribution in [0.25, 0.3) is 0 Å². The van der Waals surface area contributed by atoms with E-state index in [1.807, 2.05) is 0 Å². The molecule has 1 atom stereocenters. The fourth-order valence-electron chi connectivity index (χ4n) is 1.64. The van der Waals surface area contributed by atoms with Gasteiger partial charge in [-0.25, -0.2) is 4.98 Å². The van der Waals surface area contributed by atoms with E-state index in [1.54, 1.807) is 6.33 Å². The number of hydrogen-bond donors (Lipinski definition) is 2. The molecule has 0 saturated carbocycles. The second-order valence-corrected chi connectivity index (χ2v) is 4.25. The lowest BCUT2D eigenvalue weighted by Gasteiger charge is -2.12. The van der Waals surface area contributed by atoms with Crippen molar-refractivity contribution in [2.75, 3.05) is 0 Å². The molecule has 0 amide bonds. The second-order valence-electron chi connectivity index (χ2n) is 4.25. The number of aromatic nitrogens is 2. The second kappa shape index (κ2) is 6.62. The molecule has 15 heavy (non-hydrogen) atoms. The monoisotopic (exact) mass is 209 g/mol. The first kappa shape index (κ1) is 12.2. The molecule has 3 nitrogen and oxygen atoms in total. The van der Waals surface area contributed by atoms with Crippen molar-refractivity contribution in [2.24, 2.45) is 0 Å². The van der Waals surface area contributed by atoms with Gasteiger partial charge in [-0.1, -0.05) is 26.2 Å². The van der Waals surface area contributed by atoms with Gasteiger partial charge in [-0.2, -0.15) is 0 Å². The van der Waals surface area contributed by atoms with E-state index in [9.17, 15) is 0 Å². The van der Waals surface area contributed by atoms with Crippen LogP contribution < -0.4 is 5.32 Å². The SMILES string of the molecule is CCCCCC(C)NCc1nc[nH]c1C. The Morgan fingerprint density at radius 1 is 1.47 bits per heavy atom. The highest BCUT2D eigenvalue weighted by Crippen LogP contribution is 2.05. The average Bonchev–Trinajstić information content (AvgIpc) is 2.61. The molecule has 0 bridgehead atoms. The lowest BCUT2D eigenvalue weighted by molar-refractivity contribution is 0.484. The average molecular weight is 209 g/mol. The molecule has 0 saturated heterocycles. The molecule has 2 N–H and O–H groups in total. The molecule has 0 fully saturated rings. The molecule has 1 rings (SSSR count). The van der Waals surface area contributed by atoms with Crippen LogP contribution in [0.5, 0.6) is 0 Å². The molecule has 1 heterocycles. The summed E-state index contributed by atoms with van der Waals surface area (Å²) >= 11 is 0. The molecule has 1 unspecified atom stereocenters. The van der Waals surface area contributed by atoms with E-state index in [0.717, 1.165) is 12.2 Å². The lowest BCUT2D eigenvalue weighted by atomic mass is 10.1. The fourth-order valence-corrected chi connectivity index (χ4v) is 1.64. The smallest absolute Gasteiger partial charge is 0.0925 e. The van der Waals surface area contributed by atoms with Crippen LogP contribution in [0.2, 0.25) is 0 Å². The zero-order valence-corrected chi connectivity index (χ0v) is 10.1. The number of imidazole rings is 1. The van der Waals surface area contributed by atoms with Gasteiger partial charge in [0.1, 0.15) is 0 Å². The van der Waals surface area contributed by atoms with Gasteiger partial charge in [0.2, 0.25) is 0 Å². The van der Waals surface area contributed by atoms with Crippen molar-refractivity contribution >= 4 is 0 Å². The summed E-state index contributed by atoms with van der Waals surface area (Å²) in [5.41, 5.74) is 2.31. The Hall–Kier alpha value is -0.830. The molecule has 0 aromatic carbocycles. The van der Waals surface area contributed by atoms with Crippen LogP contribution in [-0.2, 0) is 6.54 Å². The Morgan fingerprint density at radius 2 is 2.27 bits per heavy atom. The van der Waals surface area contributed by atoms with Crippen LogP contribution in [0, 0.1) is 6.92 Å². The minimum Gasteiger partial charge on any atom is -0.348 e. The van der Waals surface area contributed by atoms with Gasteiger partial charge in [-0.3, -0.25) is 0 Å². The Bertz CT molecular complexity index is 268. The molecule has 0 aliphatic heterocycles. The first-order chi connectivity index (χ1) is 7.24. The third-order valence-corrected chi connectivity index (χ3v) is 2.79.